The maximum atomic E-state index is 13.7. The molecule has 1 rings (SSSR count). The summed E-state index contributed by atoms with van der Waals surface area (Å²) in [5, 5.41) is 11.3. The molecule has 0 aromatic heterocycles. The molecule has 0 aliphatic carbocycles. The van der Waals surface area contributed by atoms with E-state index in [1.54, 1.807) is 0 Å². The topological polar surface area (TPSA) is 32.3 Å². The van der Waals surface area contributed by atoms with E-state index in [1.807, 2.05) is 0 Å². The molecule has 114 valence electrons. The Hall–Kier alpha value is -1.44. The van der Waals surface area contributed by atoms with E-state index in [9.17, 15) is 26.3 Å². The second kappa shape index (κ2) is 4.83. The summed E-state index contributed by atoms with van der Waals surface area (Å²) in [5.41, 5.74) is -0.381. The Kier molecular flexibility index (Phi) is 4.02. The van der Waals surface area contributed by atoms with Gasteiger partial charge in [0, 0.05) is 18.3 Å². The zero-order valence-corrected chi connectivity index (χ0v) is 10.9. The Balaban J connectivity index is 3.44. The van der Waals surface area contributed by atoms with Crippen molar-refractivity contribution in [3.05, 3.63) is 28.8 Å². The van der Waals surface area contributed by atoms with Gasteiger partial charge in [0.15, 0.2) is 0 Å². The van der Waals surface area contributed by atoms with E-state index < -0.39 is 23.5 Å². The highest BCUT2D eigenvalue weighted by Crippen LogP contribution is 2.49. The molecular formula is C12H13F6NO. The number of halogens is 6. The van der Waals surface area contributed by atoms with Crippen LogP contribution >= 0.6 is 0 Å². The van der Waals surface area contributed by atoms with Crippen molar-refractivity contribution in [2.24, 2.45) is 0 Å². The summed E-state index contributed by atoms with van der Waals surface area (Å²) < 4.78 is 77.2. The Morgan fingerprint density at radius 2 is 1.35 bits per heavy atom. The number of hydrogen-bond acceptors (Lipinski definition) is 2. The predicted octanol–water partition coefficient (Wildman–Crippen LogP) is 3.66. The molecule has 0 fully saturated rings. The maximum absolute atomic E-state index is 13.7. The van der Waals surface area contributed by atoms with Crippen LogP contribution in [0.15, 0.2) is 12.1 Å². The summed E-state index contributed by atoms with van der Waals surface area (Å²) in [5.74, 6) is -10.8. The fourth-order valence-corrected chi connectivity index (χ4v) is 1.91. The lowest BCUT2D eigenvalue weighted by Gasteiger charge is -2.31. The van der Waals surface area contributed by atoms with E-state index in [-0.39, 0.29) is 11.1 Å². The van der Waals surface area contributed by atoms with Crippen LogP contribution in [-0.2, 0) is 5.92 Å². The van der Waals surface area contributed by atoms with Gasteiger partial charge < -0.3 is 10.4 Å². The van der Waals surface area contributed by atoms with Gasteiger partial charge in [-0.25, -0.2) is 0 Å². The molecule has 1 unspecified atom stereocenters. The number of alkyl halides is 6. The molecular weight excluding hydrogens is 288 g/mol. The standard InChI is InChI=1S/C12H13F6NO/c1-6-4-8(5-7(2)9(6)19-3)10(13,14)11(15,20)12(16,17)18/h4-5,19-20H,1-3H3. The molecule has 2 N–H and O–H groups in total. The summed E-state index contributed by atoms with van der Waals surface area (Å²) in [7, 11) is 1.51. The number of aryl methyl sites for hydroxylation is 2. The number of hydrogen-bond donors (Lipinski definition) is 2. The first-order chi connectivity index (χ1) is 8.86. The van der Waals surface area contributed by atoms with E-state index in [1.165, 1.54) is 20.9 Å². The molecule has 0 saturated heterocycles. The fourth-order valence-electron chi connectivity index (χ4n) is 1.91. The summed E-state index contributed by atoms with van der Waals surface area (Å²) >= 11 is 0. The Labute approximate surface area is 111 Å². The highest BCUT2D eigenvalue weighted by atomic mass is 19.4. The lowest BCUT2D eigenvalue weighted by Crippen LogP contribution is -2.53. The van der Waals surface area contributed by atoms with Gasteiger partial charge in [0.25, 0.3) is 0 Å². The number of benzene rings is 1. The predicted molar refractivity (Wildman–Crippen MR) is 61.5 cm³/mol. The smallest absolute Gasteiger partial charge is 0.388 e. The third-order valence-electron chi connectivity index (χ3n) is 2.94. The molecule has 0 aliphatic rings. The van der Waals surface area contributed by atoms with Gasteiger partial charge in [-0.15, -0.1) is 0 Å². The molecule has 0 amide bonds. The minimum absolute atomic E-state index is 0.208. The molecule has 1 aromatic carbocycles. The van der Waals surface area contributed by atoms with Crippen LogP contribution < -0.4 is 5.32 Å². The number of aliphatic hydroxyl groups is 1. The molecule has 2 nitrogen and oxygen atoms in total. The molecule has 20 heavy (non-hydrogen) atoms. The van der Waals surface area contributed by atoms with Crippen LogP contribution in [0, 0.1) is 13.8 Å². The van der Waals surface area contributed by atoms with Crippen molar-refractivity contribution in [3.63, 3.8) is 0 Å². The first-order valence-corrected chi connectivity index (χ1v) is 5.51. The lowest BCUT2D eigenvalue weighted by molar-refractivity contribution is -0.390. The van der Waals surface area contributed by atoms with E-state index in [0.29, 0.717) is 17.8 Å². The van der Waals surface area contributed by atoms with Gasteiger partial charge in [0.05, 0.1) is 0 Å². The molecule has 1 atom stereocenters. The van der Waals surface area contributed by atoms with Crippen LogP contribution in [0.1, 0.15) is 16.7 Å². The van der Waals surface area contributed by atoms with Crippen molar-refractivity contribution in [2.45, 2.75) is 31.8 Å². The van der Waals surface area contributed by atoms with Crippen LogP contribution in [-0.4, -0.2) is 24.2 Å². The van der Waals surface area contributed by atoms with E-state index in [2.05, 4.69) is 5.32 Å². The van der Waals surface area contributed by atoms with Crippen LogP contribution in [0.2, 0.25) is 0 Å². The van der Waals surface area contributed by atoms with Crippen LogP contribution in [0.3, 0.4) is 0 Å². The second-order valence-corrected chi connectivity index (χ2v) is 4.43. The SMILES string of the molecule is CNc1c(C)cc(C(F)(F)C(O)(F)C(F)(F)F)cc1C. The molecule has 8 heteroatoms. The zero-order valence-electron chi connectivity index (χ0n) is 10.9. The molecule has 0 radical (unpaired) electrons. The molecule has 0 saturated carbocycles. The van der Waals surface area contributed by atoms with Gasteiger partial charge in [-0.3, -0.25) is 0 Å². The summed E-state index contributed by atoms with van der Waals surface area (Å²) in [6, 6.07) is 1.41. The fraction of sp³-hybridized carbons (Fsp3) is 0.500. The van der Waals surface area contributed by atoms with Crippen molar-refractivity contribution >= 4 is 5.69 Å². The van der Waals surface area contributed by atoms with Crippen molar-refractivity contribution in [3.8, 4) is 0 Å². The number of nitrogens with one attached hydrogen (secondary N) is 1. The molecule has 0 spiro atoms. The quantitative estimate of drug-likeness (QED) is 0.835. The van der Waals surface area contributed by atoms with Gasteiger partial charge in [0.2, 0.25) is 0 Å². The maximum Gasteiger partial charge on any atom is 0.455 e. The molecule has 1 aromatic rings. The second-order valence-electron chi connectivity index (χ2n) is 4.43. The third kappa shape index (κ3) is 2.44. The van der Waals surface area contributed by atoms with Crippen molar-refractivity contribution in [1.82, 2.24) is 0 Å². The summed E-state index contributed by atoms with van der Waals surface area (Å²) in [6.45, 7) is 2.76. The normalized spacial score (nSPS) is 15.9. The van der Waals surface area contributed by atoms with E-state index >= 15 is 0 Å². The van der Waals surface area contributed by atoms with E-state index in [0.717, 1.165) is 0 Å². The molecule has 0 heterocycles. The largest absolute Gasteiger partial charge is 0.455 e. The van der Waals surface area contributed by atoms with Crippen LogP contribution in [0.4, 0.5) is 32.0 Å². The highest BCUT2D eigenvalue weighted by Gasteiger charge is 2.71. The van der Waals surface area contributed by atoms with Crippen LogP contribution in [0.5, 0.6) is 0 Å². The monoisotopic (exact) mass is 301 g/mol. The minimum Gasteiger partial charge on any atom is -0.388 e. The summed E-state index contributed by atoms with van der Waals surface area (Å²) in [6.07, 6.45) is -6.11. The minimum atomic E-state index is -6.11. The van der Waals surface area contributed by atoms with Crippen molar-refractivity contribution < 1.29 is 31.4 Å². The molecule has 0 bridgehead atoms. The van der Waals surface area contributed by atoms with Crippen LogP contribution in [0.25, 0.3) is 0 Å². The first-order valence-electron chi connectivity index (χ1n) is 5.51. The highest BCUT2D eigenvalue weighted by molar-refractivity contribution is 5.58. The number of anilines is 1. The average molecular weight is 301 g/mol. The Morgan fingerprint density at radius 1 is 0.950 bits per heavy atom. The number of rotatable bonds is 3. The van der Waals surface area contributed by atoms with Gasteiger partial charge in [-0.05, 0) is 37.1 Å². The zero-order chi connectivity index (χ0) is 15.9. The molecule has 0 aliphatic heterocycles. The first kappa shape index (κ1) is 16.6. The van der Waals surface area contributed by atoms with Crippen molar-refractivity contribution in [2.75, 3.05) is 12.4 Å². The van der Waals surface area contributed by atoms with E-state index in [4.69, 9.17) is 5.11 Å². The van der Waals surface area contributed by atoms with Gasteiger partial charge in [-0.2, -0.15) is 26.3 Å². The Bertz CT molecular complexity index is 486. The van der Waals surface area contributed by atoms with Crippen molar-refractivity contribution in [1.29, 1.82) is 0 Å². The lowest BCUT2D eigenvalue weighted by atomic mass is 9.95. The Morgan fingerprint density at radius 3 is 1.65 bits per heavy atom. The van der Waals surface area contributed by atoms with Gasteiger partial charge >= 0.3 is 18.0 Å². The van der Waals surface area contributed by atoms with Gasteiger partial charge in [0.1, 0.15) is 0 Å². The summed E-state index contributed by atoms with van der Waals surface area (Å²) in [4.78, 5) is 0. The average Bonchev–Trinajstić information content (AvgIpc) is 2.26. The third-order valence-corrected chi connectivity index (χ3v) is 2.94. The van der Waals surface area contributed by atoms with Gasteiger partial charge in [-0.1, -0.05) is 0 Å².